The van der Waals surface area contributed by atoms with E-state index in [1.165, 1.54) is 0 Å². The van der Waals surface area contributed by atoms with Crippen LogP contribution in [0.2, 0.25) is 10.0 Å². The van der Waals surface area contributed by atoms with E-state index in [1.807, 2.05) is 53.4 Å². The molecular weight excluding hydrogens is 531 g/mol. The molecule has 1 saturated carbocycles. The van der Waals surface area contributed by atoms with E-state index in [1.54, 1.807) is 18.2 Å². The van der Waals surface area contributed by atoms with Gasteiger partial charge in [0.15, 0.2) is 11.5 Å². The second-order valence-electron chi connectivity index (χ2n) is 9.43. The first-order chi connectivity index (χ1) is 17.8. The molecular formula is C27H24Cl2N4O3S. The molecule has 0 radical (unpaired) electrons. The molecule has 0 amide bonds. The molecule has 3 aromatic carbocycles. The van der Waals surface area contributed by atoms with E-state index in [-0.39, 0.29) is 5.75 Å². The molecule has 190 valence electrons. The van der Waals surface area contributed by atoms with Crippen LogP contribution < -0.4 is 9.92 Å². The molecule has 0 saturated heterocycles. The largest absolute Gasteiger partial charge is 0.382 e. The highest BCUT2D eigenvalue weighted by Crippen LogP contribution is 2.43. The van der Waals surface area contributed by atoms with Crippen LogP contribution in [0.1, 0.15) is 30.4 Å². The number of hydrogen-bond acceptors (Lipinski definition) is 7. The summed E-state index contributed by atoms with van der Waals surface area (Å²) < 4.78 is 30.0. The number of nitrogens with two attached hydrogens (primary N) is 1. The Hall–Kier alpha value is -3.07. The highest BCUT2D eigenvalue weighted by atomic mass is 35.5. The van der Waals surface area contributed by atoms with Gasteiger partial charge in [0, 0.05) is 23.1 Å². The first-order valence-electron chi connectivity index (χ1n) is 12.0. The smallest absolute Gasteiger partial charge is 0.312 e. The van der Waals surface area contributed by atoms with Crippen molar-refractivity contribution in [1.82, 2.24) is 4.90 Å². The van der Waals surface area contributed by atoms with Crippen LogP contribution in [0.15, 0.2) is 76.7 Å². The molecule has 0 spiro atoms. The van der Waals surface area contributed by atoms with Crippen LogP contribution in [0.25, 0.3) is 11.1 Å². The van der Waals surface area contributed by atoms with Crippen molar-refractivity contribution < 1.29 is 12.6 Å². The van der Waals surface area contributed by atoms with Crippen molar-refractivity contribution in [2.24, 2.45) is 15.7 Å². The Morgan fingerprint density at radius 1 is 0.946 bits per heavy atom. The van der Waals surface area contributed by atoms with Gasteiger partial charge in [0.1, 0.15) is 11.6 Å². The van der Waals surface area contributed by atoms with E-state index >= 15 is 0 Å². The third-order valence-electron chi connectivity index (χ3n) is 6.83. The molecule has 3 aromatic rings. The fourth-order valence-electron chi connectivity index (χ4n) is 4.93. The Morgan fingerprint density at radius 3 is 2.38 bits per heavy atom. The van der Waals surface area contributed by atoms with Crippen molar-refractivity contribution in [3.05, 3.63) is 87.9 Å². The van der Waals surface area contributed by atoms with Crippen LogP contribution in [0.5, 0.6) is 5.75 Å². The molecule has 37 heavy (non-hydrogen) atoms. The van der Waals surface area contributed by atoms with Crippen molar-refractivity contribution in [1.29, 1.82) is 0 Å². The summed E-state index contributed by atoms with van der Waals surface area (Å²) in [5, 5.41) is 0.682. The van der Waals surface area contributed by atoms with Crippen LogP contribution in [0.3, 0.4) is 0 Å². The zero-order valence-electron chi connectivity index (χ0n) is 19.8. The first-order valence-corrected chi connectivity index (χ1v) is 14.3. The Kier molecular flexibility index (Phi) is 5.93. The van der Waals surface area contributed by atoms with Gasteiger partial charge in [-0.25, -0.2) is 4.99 Å². The summed E-state index contributed by atoms with van der Waals surface area (Å²) in [5.41, 5.74) is 8.90. The van der Waals surface area contributed by atoms with Gasteiger partial charge in [0.25, 0.3) is 0 Å². The van der Waals surface area contributed by atoms with Gasteiger partial charge in [-0.15, -0.1) is 0 Å². The van der Waals surface area contributed by atoms with Crippen LogP contribution in [-0.2, 0) is 15.7 Å². The van der Waals surface area contributed by atoms with Crippen LogP contribution >= 0.6 is 23.2 Å². The van der Waals surface area contributed by atoms with Gasteiger partial charge in [-0.2, -0.15) is 8.42 Å². The summed E-state index contributed by atoms with van der Waals surface area (Å²) in [7, 11) is -3.61. The summed E-state index contributed by atoms with van der Waals surface area (Å²) in [6, 6.07) is 20.4. The molecule has 1 fully saturated rings. The molecule has 2 aliphatic heterocycles. The highest BCUT2D eigenvalue weighted by Gasteiger charge is 2.49. The normalized spacial score (nSPS) is 21.3. The van der Waals surface area contributed by atoms with E-state index in [2.05, 4.69) is 0 Å². The van der Waals surface area contributed by atoms with E-state index in [0.29, 0.717) is 35.4 Å². The number of guanidine groups is 1. The lowest BCUT2D eigenvalue weighted by molar-refractivity contribution is 0.484. The maximum Gasteiger partial charge on any atom is 0.312 e. The topological polar surface area (TPSA) is 97.3 Å². The van der Waals surface area contributed by atoms with Gasteiger partial charge in [0.2, 0.25) is 0 Å². The monoisotopic (exact) mass is 554 g/mol. The number of amidine groups is 1. The van der Waals surface area contributed by atoms with Gasteiger partial charge in [-0.05, 0) is 77.9 Å². The number of hydrogen-bond donors (Lipinski definition) is 1. The first kappa shape index (κ1) is 24.3. The number of rotatable bonds is 6. The van der Waals surface area contributed by atoms with Gasteiger partial charge < -0.3 is 9.92 Å². The molecule has 3 aliphatic rings. The highest BCUT2D eigenvalue weighted by molar-refractivity contribution is 7.88. The summed E-state index contributed by atoms with van der Waals surface area (Å²) >= 11 is 12.6. The zero-order valence-corrected chi connectivity index (χ0v) is 22.1. The lowest BCUT2D eigenvalue weighted by Gasteiger charge is -2.33. The predicted octanol–water partition coefficient (Wildman–Crippen LogP) is 5.21. The predicted molar refractivity (Wildman–Crippen MR) is 147 cm³/mol. The summed E-state index contributed by atoms with van der Waals surface area (Å²) in [6.07, 6.45) is 2.16. The molecule has 7 nitrogen and oxygen atoms in total. The second kappa shape index (κ2) is 9.04. The van der Waals surface area contributed by atoms with Gasteiger partial charge in [0.05, 0.1) is 5.25 Å². The minimum absolute atomic E-state index is 0.269. The standard InChI is InChI=1S/C27H24Cl2N4O3S/c28-21-14-18(15-22(29)16-21)17-3-1-4-20(13-17)27(25-31-11-2-12-33(25)26(30)32-27)19-5-7-23(8-6-19)36-37(34,35)24-9-10-24/h1,3-8,13-16,24H,2,9-12H2,(H2,30,32). The van der Waals surface area contributed by atoms with Crippen molar-refractivity contribution in [2.75, 3.05) is 13.1 Å². The zero-order chi connectivity index (χ0) is 25.8. The van der Waals surface area contributed by atoms with E-state index in [0.717, 1.165) is 41.1 Å². The molecule has 1 unspecified atom stereocenters. The van der Waals surface area contributed by atoms with Gasteiger partial charge in [-0.3, -0.25) is 9.89 Å². The second-order valence-corrected chi connectivity index (χ2v) is 12.1. The molecule has 0 bridgehead atoms. The number of aliphatic imine (C=N–C) groups is 2. The number of fused-ring (bicyclic) bond motifs is 1. The van der Waals surface area contributed by atoms with Crippen LogP contribution in [0.4, 0.5) is 0 Å². The average molecular weight is 555 g/mol. The lowest BCUT2D eigenvalue weighted by Crippen LogP contribution is -2.46. The quantitative estimate of drug-likeness (QED) is 0.422. The fraction of sp³-hybridized carbons (Fsp3) is 0.259. The minimum atomic E-state index is -3.61. The molecule has 1 aliphatic carbocycles. The van der Waals surface area contributed by atoms with Gasteiger partial charge >= 0.3 is 10.1 Å². The van der Waals surface area contributed by atoms with E-state index in [4.69, 9.17) is 43.1 Å². The van der Waals surface area contributed by atoms with Crippen molar-refractivity contribution in [3.63, 3.8) is 0 Å². The number of benzene rings is 3. The number of nitrogens with zero attached hydrogens (tertiary/aromatic N) is 3. The van der Waals surface area contributed by atoms with Crippen LogP contribution in [0, 0.1) is 0 Å². The summed E-state index contributed by atoms with van der Waals surface area (Å²) in [4.78, 5) is 11.8. The maximum absolute atomic E-state index is 12.3. The Balaban J connectivity index is 1.47. The Bertz CT molecular complexity index is 1530. The summed E-state index contributed by atoms with van der Waals surface area (Å²) in [6.45, 7) is 1.39. The molecule has 2 heterocycles. The number of halogens is 2. The molecule has 10 heteroatoms. The van der Waals surface area contributed by atoms with Crippen molar-refractivity contribution >= 4 is 45.1 Å². The van der Waals surface area contributed by atoms with E-state index < -0.39 is 20.9 Å². The third kappa shape index (κ3) is 4.37. The SMILES string of the molecule is NC1=NC(c2ccc(OS(=O)(=O)C3CC3)cc2)(c2cccc(-c3cc(Cl)cc(Cl)c3)c2)C2=NCCCN12. The molecule has 1 atom stereocenters. The summed E-state index contributed by atoms with van der Waals surface area (Å²) in [5.74, 6) is 1.41. The van der Waals surface area contributed by atoms with Crippen molar-refractivity contribution in [3.8, 4) is 16.9 Å². The molecule has 6 rings (SSSR count). The Morgan fingerprint density at radius 2 is 1.68 bits per heavy atom. The fourth-order valence-corrected chi connectivity index (χ4v) is 6.68. The molecule has 2 N–H and O–H groups in total. The third-order valence-corrected chi connectivity index (χ3v) is 8.98. The Labute approximate surface area is 225 Å². The lowest BCUT2D eigenvalue weighted by atomic mass is 9.81. The average Bonchev–Trinajstić information content (AvgIpc) is 3.70. The minimum Gasteiger partial charge on any atom is -0.382 e. The van der Waals surface area contributed by atoms with Gasteiger partial charge in [-0.1, -0.05) is 53.5 Å². The van der Waals surface area contributed by atoms with Crippen LogP contribution in [-0.4, -0.2) is 43.5 Å². The maximum atomic E-state index is 12.3. The van der Waals surface area contributed by atoms with E-state index in [9.17, 15) is 8.42 Å². The van der Waals surface area contributed by atoms with Crippen molar-refractivity contribution in [2.45, 2.75) is 30.1 Å². The molecule has 0 aromatic heterocycles.